The number of thiophene rings is 1. The van der Waals surface area contributed by atoms with E-state index in [1.54, 1.807) is 6.07 Å². The SMILES string of the molecule is COc1ccc2c(S)csc2c1O. The molecule has 0 radical (unpaired) electrons. The third-order valence-corrected chi connectivity index (χ3v) is 3.43. The number of aromatic hydroxyl groups is 1. The van der Waals surface area contributed by atoms with E-state index in [9.17, 15) is 5.11 Å². The molecule has 1 heterocycles. The van der Waals surface area contributed by atoms with Crippen molar-refractivity contribution in [2.24, 2.45) is 0 Å². The van der Waals surface area contributed by atoms with E-state index in [1.807, 2.05) is 11.4 Å². The Morgan fingerprint density at radius 3 is 2.92 bits per heavy atom. The summed E-state index contributed by atoms with van der Waals surface area (Å²) >= 11 is 5.73. The van der Waals surface area contributed by atoms with Crippen LogP contribution >= 0.6 is 24.0 Å². The Morgan fingerprint density at radius 2 is 2.23 bits per heavy atom. The summed E-state index contributed by atoms with van der Waals surface area (Å²) in [6, 6.07) is 3.64. The Hall–Kier alpha value is -0.870. The van der Waals surface area contributed by atoms with Crippen LogP contribution in [0.5, 0.6) is 11.5 Å². The van der Waals surface area contributed by atoms with Gasteiger partial charge in [0, 0.05) is 15.7 Å². The molecular weight excluding hydrogens is 204 g/mol. The summed E-state index contributed by atoms with van der Waals surface area (Å²) in [7, 11) is 1.54. The fourth-order valence-electron chi connectivity index (χ4n) is 1.22. The predicted octanol–water partition coefficient (Wildman–Crippen LogP) is 2.90. The van der Waals surface area contributed by atoms with Gasteiger partial charge in [-0.15, -0.1) is 24.0 Å². The van der Waals surface area contributed by atoms with Crippen LogP contribution in [-0.2, 0) is 0 Å². The molecule has 0 saturated heterocycles. The summed E-state index contributed by atoms with van der Waals surface area (Å²) in [5.41, 5.74) is 0. The van der Waals surface area contributed by atoms with Gasteiger partial charge in [0.1, 0.15) is 0 Å². The van der Waals surface area contributed by atoms with Crippen molar-refractivity contribution < 1.29 is 9.84 Å². The Balaban J connectivity index is 2.80. The normalized spacial score (nSPS) is 10.6. The number of thiol groups is 1. The highest BCUT2D eigenvalue weighted by molar-refractivity contribution is 7.80. The largest absolute Gasteiger partial charge is 0.503 e. The van der Waals surface area contributed by atoms with E-state index in [1.165, 1.54) is 18.4 Å². The minimum atomic E-state index is 0.199. The number of ether oxygens (including phenoxy) is 1. The van der Waals surface area contributed by atoms with Crippen LogP contribution in [0.25, 0.3) is 10.1 Å². The number of fused-ring (bicyclic) bond motifs is 1. The first-order valence-electron chi connectivity index (χ1n) is 3.70. The molecule has 0 aliphatic carbocycles. The van der Waals surface area contributed by atoms with Crippen LogP contribution in [0.4, 0.5) is 0 Å². The zero-order valence-corrected chi connectivity index (χ0v) is 8.65. The van der Waals surface area contributed by atoms with E-state index in [-0.39, 0.29) is 5.75 Å². The van der Waals surface area contributed by atoms with Crippen molar-refractivity contribution in [1.29, 1.82) is 0 Å². The van der Waals surface area contributed by atoms with Gasteiger partial charge in [-0.25, -0.2) is 0 Å². The molecule has 1 N–H and O–H groups in total. The fourth-order valence-corrected chi connectivity index (χ4v) is 2.51. The predicted molar refractivity (Wildman–Crippen MR) is 57.3 cm³/mol. The molecule has 0 unspecified atom stereocenters. The van der Waals surface area contributed by atoms with Gasteiger partial charge in [-0.3, -0.25) is 0 Å². The minimum absolute atomic E-state index is 0.199. The lowest BCUT2D eigenvalue weighted by Crippen LogP contribution is -1.82. The second kappa shape index (κ2) is 3.12. The molecule has 1 aromatic heterocycles. The number of methoxy groups -OCH3 is 1. The van der Waals surface area contributed by atoms with Crippen molar-refractivity contribution in [3.05, 3.63) is 17.5 Å². The zero-order chi connectivity index (χ0) is 9.42. The molecule has 68 valence electrons. The van der Waals surface area contributed by atoms with Gasteiger partial charge in [0.2, 0.25) is 0 Å². The van der Waals surface area contributed by atoms with E-state index >= 15 is 0 Å². The lowest BCUT2D eigenvalue weighted by atomic mass is 10.2. The summed E-state index contributed by atoms with van der Waals surface area (Å²) in [6.45, 7) is 0. The second-order valence-corrected chi connectivity index (χ2v) is 3.98. The molecule has 2 aromatic rings. The summed E-state index contributed by atoms with van der Waals surface area (Å²) in [5, 5.41) is 12.6. The second-order valence-electron chi connectivity index (χ2n) is 2.61. The van der Waals surface area contributed by atoms with Gasteiger partial charge in [-0.05, 0) is 12.1 Å². The van der Waals surface area contributed by atoms with Crippen LogP contribution in [0.2, 0.25) is 0 Å². The van der Waals surface area contributed by atoms with Crippen LogP contribution in [0.1, 0.15) is 0 Å². The van der Waals surface area contributed by atoms with Crippen LogP contribution in [0.15, 0.2) is 22.4 Å². The van der Waals surface area contributed by atoms with Crippen LogP contribution in [0.3, 0.4) is 0 Å². The minimum Gasteiger partial charge on any atom is -0.503 e. The third-order valence-electron chi connectivity index (χ3n) is 1.88. The molecule has 1 aromatic carbocycles. The first-order chi connectivity index (χ1) is 6.24. The van der Waals surface area contributed by atoms with Gasteiger partial charge in [0.25, 0.3) is 0 Å². The lowest BCUT2D eigenvalue weighted by molar-refractivity contribution is 0.377. The standard InChI is InChI=1S/C9H8O2S2/c1-11-6-3-2-5-7(12)4-13-9(5)8(6)10/h2-4,10,12H,1H3. The van der Waals surface area contributed by atoms with Crippen LogP contribution in [-0.4, -0.2) is 12.2 Å². The lowest BCUT2D eigenvalue weighted by Gasteiger charge is -2.02. The van der Waals surface area contributed by atoms with E-state index in [4.69, 9.17) is 4.74 Å². The maximum atomic E-state index is 9.71. The highest BCUT2D eigenvalue weighted by Crippen LogP contribution is 2.40. The van der Waals surface area contributed by atoms with Gasteiger partial charge in [-0.1, -0.05) is 0 Å². The quantitative estimate of drug-likeness (QED) is 0.712. The fraction of sp³-hybridized carbons (Fsp3) is 0.111. The molecule has 4 heteroatoms. The smallest absolute Gasteiger partial charge is 0.175 e. The van der Waals surface area contributed by atoms with Gasteiger partial charge in [0.15, 0.2) is 11.5 Å². The molecule has 0 spiro atoms. The van der Waals surface area contributed by atoms with Gasteiger partial charge in [-0.2, -0.15) is 0 Å². The van der Waals surface area contributed by atoms with Crippen molar-refractivity contribution in [3.63, 3.8) is 0 Å². The number of phenols is 1. The molecule has 0 bridgehead atoms. The molecule has 2 rings (SSSR count). The molecule has 0 saturated carbocycles. The highest BCUT2D eigenvalue weighted by atomic mass is 32.1. The van der Waals surface area contributed by atoms with Crippen molar-refractivity contribution >= 4 is 34.1 Å². The molecule has 0 atom stereocenters. The molecule has 13 heavy (non-hydrogen) atoms. The average Bonchev–Trinajstić information content (AvgIpc) is 2.50. The summed E-state index contributed by atoms with van der Waals surface area (Å²) in [6.07, 6.45) is 0. The molecule has 2 nitrogen and oxygen atoms in total. The summed E-state index contributed by atoms with van der Waals surface area (Å²) < 4.78 is 5.82. The van der Waals surface area contributed by atoms with Crippen LogP contribution in [0, 0.1) is 0 Å². The number of hydrogen-bond acceptors (Lipinski definition) is 4. The summed E-state index contributed by atoms with van der Waals surface area (Å²) in [4.78, 5) is 0.887. The first kappa shape index (κ1) is 8.72. The molecule has 0 aliphatic rings. The monoisotopic (exact) mass is 212 g/mol. The third kappa shape index (κ3) is 1.26. The van der Waals surface area contributed by atoms with E-state index in [0.29, 0.717) is 5.75 Å². The van der Waals surface area contributed by atoms with Crippen molar-refractivity contribution in [2.75, 3.05) is 7.11 Å². The van der Waals surface area contributed by atoms with Gasteiger partial charge in [0.05, 0.1) is 11.8 Å². The van der Waals surface area contributed by atoms with Crippen LogP contribution < -0.4 is 4.74 Å². The highest BCUT2D eigenvalue weighted by Gasteiger charge is 2.09. The van der Waals surface area contributed by atoms with Gasteiger partial charge < -0.3 is 9.84 Å². The van der Waals surface area contributed by atoms with E-state index < -0.39 is 0 Å². The first-order valence-corrected chi connectivity index (χ1v) is 5.03. The number of rotatable bonds is 1. The number of benzene rings is 1. The van der Waals surface area contributed by atoms with E-state index in [2.05, 4.69) is 12.6 Å². The Bertz CT molecular complexity index is 448. The van der Waals surface area contributed by atoms with Crippen molar-refractivity contribution in [3.8, 4) is 11.5 Å². The Morgan fingerprint density at radius 1 is 1.46 bits per heavy atom. The molecule has 0 aliphatic heterocycles. The molecule has 0 amide bonds. The topological polar surface area (TPSA) is 29.5 Å². The van der Waals surface area contributed by atoms with E-state index in [0.717, 1.165) is 15.0 Å². The van der Waals surface area contributed by atoms with Crippen molar-refractivity contribution in [1.82, 2.24) is 0 Å². The number of phenolic OH excluding ortho intramolecular Hbond substituents is 1. The maximum absolute atomic E-state index is 9.71. The molecule has 0 fully saturated rings. The maximum Gasteiger partial charge on any atom is 0.175 e. The zero-order valence-electron chi connectivity index (χ0n) is 6.94. The Kier molecular flexibility index (Phi) is 2.09. The average molecular weight is 212 g/mol. The van der Waals surface area contributed by atoms with Crippen molar-refractivity contribution in [2.45, 2.75) is 4.90 Å². The summed E-state index contributed by atoms with van der Waals surface area (Å²) in [5.74, 6) is 0.702. The molecular formula is C9H8O2S2. The van der Waals surface area contributed by atoms with Gasteiger partial charge >= 0.3 is 0 Å². The number of hydrogen-bond donors (Lipinski definition) is 2. The Labute approximate surface area is 85.2 Å².